The molecule has 1 aromatic rings. The Balaban J connectivity index is 1.50. The quantitative estimate of drug-likeness (QED) is 0.871. The number of carbonyl (C=O) groups is 1. The zero-order chi connectivity index (χ0) is 16.1. The Morgan fingerprint density at radius 1 is 1.26 bits per heavy atom. The number of hydrogen-bond acceptors (Lipinski definition) is 4. The van der Waals surface area contributed by atoms with Gasteiger partial charge in [-0.3, -0.25) is 4.79 Å². The van der Waals surface area contributed by atoms with Gasteiger partial charge in [0, 0.05) is 5.56 Å². The number of esters is 1. The molecule has 4 aliphatic rings. The maximum absolute atomic E-state index is 12.8. The van der Waals surface area contributed by atoms with Crippen LogP contribution in [0.3, 0.4) is 0 Å². The van der Waals surface area contributed by atoms with E-state index < -0.39 is 11.0 Å². The monoisotopic (exact) mass is 311 g/mol. The van der Waals surface area contributed by atoms with E-state index in [9.17, 15) is 9.90 Å². The Labute approximate surface area is 136 Å². The topological polar surface area (TPSA) is 70.3 Å². The van der Waals surface area contributed by atoms with Crippen LogP contribution in [0, 0.1) is 28.6 Å². The third-order valence-corrected chi connectivity index (χ3v) is 5.96. The van der Waals surface area contributed by atoms with Crippen LogP contribution in [0.2, 0.25) is 0 Å². The lowest BCUT2D eigenvalue weighted by atomic mass is 9.48. The third kappa shape index (κ3) is 2.44. The molecule has 120 valence electrons. The van der Waals surface area contributed by atoms with E-state index in [1.54, 1.807) is 12.1 Å². The van der Waals surface area contributed by atoms with Crippen LogP contribution in [-0.4, -0.2) is 16.7 Å². The number of aliphatic hydroxyl groups is 1. The van der Waals surface area contributed by atoms with E-state index in [1.165, 1.54) is 0 Å². The Morgan fingerprint density at radius 2 is 1.96 bits per heavy atom. The van der Waals surface area contributed by atoms with Gasteiger partial charge in [0.2, 0.25) is 0 Å². The van der Waals surface area contributed by atoms with Gasteiger partial charge in [-0.15, -0.1) is 0 Å². The van der Waals surface area contributed by atoms with E-state index in [1.807, 2.05) is 12.1 Å². The number of benzene rings is 1. The maximum Gasteiger partial charge on any atom is 0.312 e. The fourth-order valence-electron chi connectivity index (χ4n) is 5.50. The van der Waals surface area contributed by atoms with Crippen molar-refractivity contribution in [2.24, 2.45) is 17.3 Å². The summed E-state index contributed by atoms with van der Waals surface area (Å²) >= 11 is 0. The van der Waals surface area contributed by atoms with Crippen LogP contribution in [0.25, 0.3) is 0 Å². The summed E-state index contributed by atoms with van der Waals surface area (Å²) in [5, 5.41) is 19.9. The van der Waals surface area contributed by atoms with Crippen molar-refractivity contribution in [3.8, 4) is 6.07 Å². The molecule has 4 heteroatoms. The van der Waals surface area contributed by atoms with Gasteiger partial charge < -0.3 is 9.84 Å². The van der Waals surface area contributed by atoms with Crippen molar-refractivity contribution >= 4 is 5.97 Å². The molecule has 0 saturated heterocycles. The number of nitrogens with zero attached hydrogens (tertiary/aromatic N) is 1. The van der Waals surface area contributed by atoms with Crippen molar-refractivity contribution < 1.29 is 14.6 Å². The molecule has 0 amide bonds. The molecule has 4 nitrogen and oxygen atoms in total. The highest BCUT2D eigenvalue weighted by Crippen LogP contribution is 2.62. The van der Waals surface area contributed by atoms with E-state index in [2.05, 4.69) is 6.07 Å². The van der Waals surface area contributed by atoms with Crippen LogP contribution in [0.1, 0.15) is 49.7 Å². The van der Waals surface area contributed by atoms with E-state index in [0.29, 0.717) is 23.8 Å². The molecule has 1 aromatic carbocycles. The minimum atomic E-state index is -0.659. The van der Waals surface area contributed by atoms with Crippen LogP contribution in [0.5, 0.6) is 0 Å². The van der Waals surface area contributed by atoms with Crippen molar-refractivity contribution in [2.75, 3.05) is 0 Å². The van der Waals surface area contributed by atoms with E-state index in [-0.39, 0.29) is 12.6 Å². The molecule has 4 fully saturated rings. The van der Waals surface area contributed by atoms with Crippen molar-refractivity contribution in [1.29, 1.82) is 5.26 Å². The highest BCUT2D eigenvalue weighted by molar-refractivity contribution is 5.78. The van der Waals surface area contributed by atoms with E-state index in [4.69, 9.17) is 10.00 Å². The first-order valence-electron chi connectivity index (χ1n) is 8.40. The van der Waals surface area contributed by atoms with Gasteiger partial charge >= 0.3 is 5.97 Å². The van der Waals surface area contributed by atoms with Crippen molar-refractivity contribution in [2.45, 2.75) is 50.7 Å². The van der Waals surface area contributed by atoms with Gasteiger partial charge in [-0.2, -0.15) is 5.26 Å². The van der Waals surface area contributed by atoms with Crippen LogP contribution >= 0.6 is 0 Å². The molecule has 1 N–H and O–H groups in total. The summed E-state index contributed by atoms with van der Waals surface area (Å²) in [6.45, 7) is 0.137. The summed E-state index contributed by atoms with van der Waals surface area (Å²) < 4.78 is 5.60. The van der Waals surface area contributed by atoms with Gasteiger partial charge in [0.15, 0.2) is 0 Å². The van der Waals surface area contributed by atoms with Gasteiger partial charge in [-0.1, -0.05) is 18.2 Å². The molecule has 0 heterocycles. The van der Waals surface area contributed by atoms with Crippen LogP contribution in [-0.2, 0) is 16.1 Å². The molecule has 2 unspecified atom stereocenters. The Bertz CT molecular complexity index is 676. The number of ether oxygens (including phenoxy) is 1. The lowest BCUT2D eigenvalue weighted by molar-refractivity contribution is -0.197. The van der Waals surface area contributed by atoms with Gasteiger partial charge in [-0.25, -0.2) is 0 Å². The Morgan fingerprint density at radius 3 is 2.61 bits per heavy atom. The summed E-state index contributed by atoms with van der Waals surface area (Å²) in [5.74, 6) is 0.734. The largest absolute Gasteiger partial charge is 0.460 e. The standard InChI is InChI=1S/C19H21NO3/c20-10-15-3-1-2-4-16(15)11-23-17(21)18-6-13-5-14(7-18)9-19(22,8-13)12-18/h1-4,13-14,22H,5-9,11-12H2. The minimum absolute atomic E-state index is 0.137. The number of carbonyl (C=O) groups excluding carboxylic acids is 1. The molecule has 0 radical (unpaired) electrons. The summed E-state index contributed by atoms with van der Waals surface area (Å²) in [4.78, 5) is 12.8. The smallest absolute Gasteiger partial charge is 0.312 e. The lowest BCUT2D eigenvalue weighted by Crippen LogP contribution is -2.58. The minimum Gasteiger partial charge on any atom is -0.460 e. The highest BCUT2D eigenvalue weighted by atomic mass is 16.5. The molecular formula is C19H21NO3. The summed E-state index contributed by atoms with van der Waals surface area (Å²) in [5.41, 5.74) is 0.130. The fourth-order valence-corrected chi connectivity index (χ4v) is 5.50. The van der Waals surface area contributed by atoms with Gasteiger partial charge in [0.05, 0.1) is 22.6 Å². The molecule has 4 aliphatic carbocycles. The van der Waals surface area contributed by atoms with Crippen LogP contribution < -0.4 is 0 Å². The zero-order valence-corrected chi connectivity index (χ0v) is 13.1. The van der Waals surface area contributed by atoms with Gasteiger partial charge in [0.25, 0.3) is 0 Å². The third-order valence-electron chi connectivity index (χ3n) is 5.96. The van der Waals surface area contributed by atoms with Crippen molar-refractivity contribution in [3.05, 3.63) is 35.4 Å². The Hall–Kier alpha value is -1.86. The summed E-state index contributed by atoms with van der Waals surface area (Å²) in [6, 6.07) is 9.33. The molecule has 5 rings (SSSR count). The molecule has 4 saturated carbocycles. The average Bonchev–Trinajstić information content (AvgIpc) is 2.50. The second-order valence-electron chi connectivity index (χ2n) is 7.81. The number of hydrogen-bond donors (Lipinski definition) is 1. The van der Waals surface area contributed by atoms with E-state index >= 15 is 0 Å². The molecule has 4 bridgehead atoms. The molecule has 0 spiro atoms. The Kier molecular flexibility index (Phi) is 3.24. The lowest BCUT2D eigenvalue weighted by Gasteiger charge is -2.58. The summed E-state index contributed by atoms with van der Waals surface area (Å²) in [6.07, 6.45) is 5.08. The first kappa shape index (κ1) is 14.7. The number of rotatable bonds is 3. The van der Waals surface area contributed by atoms with Crippen LogP contribution in [0.4, 0.5) is 0 Å². The second kappa shape index (κ2) is 5.07. The number of nitriles is 1. The van der Waals surface area contributed by atoms with Crippen molar-refractivity contribution in [3.63, 3.8) is 0 Å². The first-order chi connectivity index (χ1) is 11.0. The normalized spacial score (nSPS) is 37.4. The second-order valence-corrected chi connectivity index (χ2v) is 7.81. The first-order valence-corrected chi connectivity index (χ1v) is 8.40. The molecule has 2 atom stereocenters. The predicted octanol–water partition coefficient (Wildman–Crippen LogP) is 2.93. The van der Waals surface area contributed by atoms with Crippen molar-refractivity contribution in [1.82, 2.24) is 0 Å². The van der Waals surface area contributed by atoms with Gasteiger partial charge in [-0.05, 0) is 56.4 Å². The van der Waals surface area contributed by atoms with E-state index in [0.717, 1.165) is 37.7 Å². The predicted molar refractivity (Wildman–Crippen MR) is 83.0 cm³/mol. The molecule has 23 heavy (non-hydrogen) atoms. The van der Waals surface area contributed by atoms with Crippen LogP contribution in [0.15, 0.2) is 24.3 Å². The summed E-state index contributed by atoms with van der Waals surface area (Å²) in [7, 11) is 0. The molecule has 0 aromatic heterocycles. The fraction of sp³-hybridized carbons (Fsp3) is 0.579. The SMILES string of the molecule is N#Cc1ccccc1COC(=O)C12CC3CC(CC(O)(C3)C1)C2. The molecule has 0 aliphatic heterocycles. The van der Waals surface area contributed by atoms with Gasteiger partial charge in [0.1, 0.15) is 6.61 Å². The zero-order valence-electron chi connectivity index (χ0n) is 13.1. The maximum atomic E-state index is 12.8. The average molecular weight is 311 g/mol. The molecular weight excluding hydrogens is 290 g/mol. The highest BCUT2D eigenvalue weighted by Gasteiger charge is 2.60.